The van der Waals surface area contributed by atoms with Crippen molar-refractivity contribution >= 4 is 23.3 Å². The van der Waals surface area contributed by atoms with Gasteiger partial charge in [0.2, 0.25) is 11.8 Å². The van der Waals surface area contributed by atoms with Crippen LogP contribution in [0, 0.1) is 11.6 Å². The van der Waals surface area contributed by atoms with Crippen molar-refractivity contribution in [2.75, 3.05) is 6.54 Å². The molecule has 3 aromatic carbocycles. The lowest BCUT2D eigenvalue weighted by molar-refractivity contribution is -0.158. The fourth-order valence-corrected chi connectivity index (χ4v) is 4.51. The van der Waals surface area contributed by atoms with Gasteiger partial charge in [-0.25, -0.2) is 8.78 Å². The molecule has 0 aliphatic carbocycles. The largest absolute Gasteiger partial charge is 0.378 e. The zero-order chi connectivity index (χ0) is 27.4. The van der Waals surface area contributed by atoms with E-state index < -0.39 is 59.0 Å². The molecule has 3 aromatic rings. The Kier molecular flexibility index (Phi) is 8.09. The molecule has 0 saturated heterocycles. The third-order valence-corrected chi connectivity index (χ3v) is 6.35. The van der Waals surface area contributed by atoms with Gasteiger partial charge in [0, 0.05) is 18.5 Å². The molecule has 0 saturated carbocycles. The highest BCUT2D eigenvalue weighted by Crippen LogP contribution is 2.33. The lowest BCUT2D eigenvalue weighted by Crippen LogP contribution is -2.58. The summed E-state index contributed by atoms with van der Waals surface area (Å²) < 4.78 is 27.7. The Labute approximate surface area is 218 Å². The van der Waals surface area contributed by atoms with Gasteiger partial charge in [-0.15, -0.1) is 0 Å². The van der Waals surface area contributed by atoms with Crippen LogP contribution in [0.3, 0.4) is 0 Å². The van der Waals surface area contributed by atoms with Crippen LogP contribution in [-0.2, 0) is 14.4 Å². The van der Waals surface area contributed by atoms with Crippen LogP contribution in [-0.4, -0.2) is 46.4 Å². The number of benzene rings is 3. The van der Waals surface area contributed by atoms with Crippen molar-refractivity contribution in [3.05, 3.63) is 113 Å². The van der Waals surface area contributed by atoms with E-state index in [1.807, 2.05) is 30.3 Å². The molecular weight excluding hydrogens is 492 g/mol. The molecule has 0 unspecified atom stereocenters. The van der Waals surface area contributed by atoms with E-state index in [0.29, 0.717) is 16.5 Å². The number of aliphatic hydroxyl groups excluding tert-OH is 1. The van der Waals surface area contributed by atoms with Crippen molar-refractivity contribution < 1.29 is 28.3 Å². The van der Waals surface area contributed by atoms with Gasteiger partial charge in [0.15, 0.2) is 6.10 Å². The van der Waals surface area contributed by atoms with E-state index >= 15 is 0 Å². The number of carbonyl (C=O) groups excluding carboxylic acids is 3. The summed E-state index contributed by atoms with van der Waals surface area (Å²) in [5, 5.41) is 13.6. The Morgan fingerprint density at radius 2 is 1.55 bits per heavy atom. The first-order chi connectivity index (χ1) is 18.2. The van der Waals surface area contributed by atoms with Gasteiger partial charge in [-0.2, -0.15) is 0 Å². The summed E-state index contributed by atoms with van der Waals surface area (Å²) >= 11 is 0. The zero-order valence-corrected chi connectivity index (χ0v) is 20.6. The SMILES string of the molecule is C[C@H](N)C(=O)N(C(=O)[C@H](O)c1cc(F)cc(F)c1)[C@@H]1C(=O)NCC(c2ccccc2)=C[C@H]1c1ccccc1. The predicted molar refractivity (Wildman–Crippen MR) is 137 cm³/mol. The van der Waals surface area contributed by atoms with Crippen molar-refractivity contribution in [1.82, 2.24) is 10.2 Å². The molecule has 4 rings (SSSR count). The number of hydrogen-bond donors (Lipinski definition) is 3. The molecule has 4 N–H and O–H groups in total. The number of amides is 3. The molecule has 0 aromatic heterocycles. The van der Waals surface area contributed by atoms with E-state index in [2.05, 4.69) is 5.32 Å². The highest BCUT2D eigenvalue weighted by molar-refractivity contribution is 6.04. The van der Waals surface area contributed by atoms with Crippen LogP contribution in [0.5, 0.6) is 0 Å². The number of aliphatic hydroxyl groups is 1. The van der Waals surface area contributed by atoms with Crippen LogP contribution >= 0.6 is 0 Å². The normalized spacial score (nSPS) is 19.0. The van der Waals surface area contributed by atoms with Crippen LogP contribution in [0.1, 0.15) is 35.6 Å². The third kappa shape index (κ3) is 5.69. The molecule has 196 valence electrons. The molecule has 1 aliphatic heterocycles. The van der Waals surface area contributed by atoms with Crippen molar-refractivity contribution in [2.45, 2.75) is 31.0 Å². The summed E-state index contributed by atoms with van der Waals surface area (Å²) in [5.74, 6) is -5.65. The van der Waals surface area contributed by atoms with Gasteiger partial charge in [0.05, 0.1) is 6.04 Å². The maximum absolute atomic E-state index is 13.9. The number of imide groups is 1. The van der Waals surface area contributed by atoms with Crippen LogP contribution < -0.4 is 11.1 Å². The van der Waals surface area contributed by atoms with Crippen molar-refractivity contribution in [1.29, 1.82) is 0 Å². The summed E-state index contributed by atoms with van der Waals surface area (Å²) in [7, 11) is 0. The van der Waals surface area contributed by atoms with Crippen LogP contribution in [0.2, 0.25) is 0 Å². The maximum atomic E-state index is 13.9. The van der Waals surface area contributed by atoms with E-state index in [1.165, 1.54) is 6.92 Å². The lowest BCUT2D eigenvalue weighted by atomic mass is 9.87. The highest BCUT2D eigenvalue weighted by atomic mass is 19.1. The number of nitrogens with one attached hydrogen (secondary N) is 1. The Morgan fingerprint density at radius 3 is 2.13 bits per heavy atom. The second-order valence-corrected chi connectivity index (χ2v) is 9.10. The Bertz CT molecular complexity index is 1340. The summed E-state index contributed by atoms with van der Waals surface area (Å²) in [5.41, 5.74) is 7.68. The molecule has 3 amide bonds. The number of nitrogens with two attached hydrogens (primary N) is 1. The van der Waals surface area contributed by atoms with E-state index in [4.69, 9.17) is 5.73 Å². The van der Waals surface area contributed by atoms with Gasteiger partial charge >= 0.3 is 0 Å². The van der Waals surface area contributed by atoms with Gasteiger partial charge in [-0.05, 0) is 41.3 Å². The summed E-state index contributed by atoms with van der Waals surface area (Å²) in [6.45, 7) is 1.46. The average Bonchev–Trinajstić information content (AvgIpc) is 3.08. The molecule has 4 atom stereocenters. The van der Waals surface area contributed by atoms with Crippen LogP contribution in [0.15, 0.2) is 84.9 Å². The molecule has 9 heteroatoms. The molecule has 0 fully saturated rings. The van der Waals surface area contributed by atoms with Crippen molar-refractivity contribution in [3.8, 4) is 0 Å². The predicted octanol–water partition coefficient (Wildman–Crippen LogP) is 3.07. The van der Waals surface area contributed by atoms with Gasteiger partial charge in [-0.3, -0.25) is 19.3 Å². The first-order valence-electron chi connectivity index (χ1n) is 12.0. The molecule has 0 spiro atoms. The van der Waals surface area contributed by atoms with Crippen molar-refractivity contribution in [3.63, 3.8) is 0 Å². The molecule has 38 heavy (non-hydrogen) atoms. The van der Waals surface area contributed by atoms with E-state index in [0.717, 1.165) is 23.3 Å². The molecular formula is C29H27F2N3O4. The number of halogens is 2. The van der Waals surface area contributed by atoms with Crippen molar-refractivity contribution in [2.24, 2.45) is 5.73 Å². The van der Waals surface area contributed by atoms with E-state index in [1.54, 1.807) is 36.4 Å². The van der Waals surface area contributed by atoms with Gasteiger partial charge in [0.25, 0.3) is 5.91 Å². The summed E-state index contributed by atoms with van der Waals surface area (Å²) in [6.07, 6.45) is -0.330. The van der Waals surface area contributed by atoms with E-state index in [9.17, 15) is 28.3 Å². The molecule has 1 heterocycles. The second-order valence-electron chi connectivity index (χ2n) is 9.10. The lowest BCUT2D eigenvalue weighted by Gasteiger charge is -2.35. The smallest absolute Gasteiger partial charge is 0.263 e. The monoisotopic (exact) mass is 519 g/mol. The standard InChI is InChI=1S/C29H27F2N3O4/c1-17(32)28(37)34(29(38)26(35)20-12-22(30)15-23(31)13-20)25-24(19-10-6-3-7-11-19)14-21(16-33-27(25)36)18-8-4-2-5-9-18/h2-15,17,24-26,35H,16,32H2,1H3,(H,33,36)/t17-,24-,25-,26+/m0/s1. The second kappa shape index (κ2) is 11.5. The molecule has 0 bridgehead atoms. The average molecular weight is 520 g/mol. The fraction of sp³-hybridized carbons (Fsp3) is 0.207. The topological polar surface area (TPSA) is 113 Å². The van der Waals surface area contributed by atoms with E-state index in [-0.39, 0.29) is 6.54 Å². The number of carbonyl (C=O) groups is 3. The summed E-state index contributed by atoms with van der Waals surface area (Å²) in [6, 6.07) is 17.6. The van der Waals surface area contributed by atoms with Gasteiger partial charge in [0.1, 0.15) is 17.7 Å². The molecule has 7 nitrogen and oxygen atoms in total. The minimum atomic E-state index is -2.13. The highest BCUT2D eigenvalue weighted by Gasteiger charge is 2.44. The first kappa shape index (κ1) is 26.8. The van der Waals surface area contributed by atoms with Crippen LogP contribution in [0.4, 0.5) is 8.78 Å². The molecule has 1 aliphatic rings. The summed E-state index contributed by atoms with van der Waals surface area (Å²) in [4.78, 5) is 41.2. The third-order valence-electron chi connectivity index (χ3n) is 6.35. The Hall–Kier alpha value is -4.21. The number of nitrogens with zero attached hydrogens (tertiary/aromatic N) is 1. The minimum Gasteiger partial charge on any atom is -0.378 e. The van der Waals surface area contributed by atoms with Crippen LogP contribution in [0.25, 0.3) is 5.57 Å². The maximum Gasteiger partial charge on any atom is 0.263 e. The Balaban J connectivity index is 1.86. The zero-order valence-electron chi connectivity index (χ0n) is 20.6. The number of hydrogen-bond acceptors (Lipinski definition) is 5. The van der Waals surface area contributed by atoms with Gasteiger partial charge in [-0.1, -0.05) is 66.7 Å². The fourth-order valence-electron chi connectivity index (χ4n) is 4.51. The number of rotatable bonds is 6. The van der Waals surface area contributed by atoms with Gasteiger partial charge < -0.3 is 16.2 Å². The Morgan fingerprint density at radius 1 is 0.974 bits per heavy atom. The first-order valence-corrected chi connectivity index (χ1v) is 12.0. The molecule has 0 radical (unpaired) electrons. The quantitative estimate of drug-likeness (QED) is 0.464. The minimum absolute atomic E-state index is 0.120.